The highest BCUT2D eigenvalue weighted by Crippen LogP contribution is 2.34. The van der Waals surface area contributed by atoms with E-state index in [1.165, 1.54) is 0 Å². The molecule has 0 amide bonds. The van der Waals surface area contributed by atoms with E-state index in [0.717, 1.165) is 0 Å². The first-order valence-electron chi connectivity index (χ1n) is 6.39. The van der Waals surface area contributed by atoms with E-state index in [1.807, 2.05) is 12.1 Å². The Hall–Kier alpha value is -1.39. The zero-order valence-corrected chi connectivity index (χ0v) is 11.7. The van der Waals surface area contributed by atoms with Crippen LogP contribution in [0.15, 0.2) is 60.7 Å². The Labute approximate surface area is 120 Å². The van der Waals surface area contributed by atoms with Crippen LogP contribution in [0, 0.1) is 0 Å². The molecule has 0 aromatic heterocycles. The van der Waals surface area contributed by atoms with E-state index in [2.05, 4.69) is 0 Å². The molecule has 2 aromatic rings. The average Bonchev–Trinajstić information content (AvgIpc) is 2.51. The lowest BCUT2D eigenvalue weighted by Crippen LogP contribution is -2.24. The van der Waals surface area contributed by atoms with Crippen LogP contribution in [0.2, 0.25) is 0 Å². The summed E-state index contributed by atoms with van der Waals surface area (Å²) >= 11 is -1.65. The molecule has 0 bridgehead atoms. The normalized spacial score (nSPS) is 15.6. The number of hydrogen-bond acceptors (Lipinski definition) is 1. The molecular weight excluding hydrogens is 278 g/mol. The lowest BCUT2D eigenvalue weighted by molar-refractivity contribution is 0.444. The first kappa shape index (κ1) is 15.0. The molecule has 0 spiro atoms. The summed E-state index contributed by atoms with van der Waals surface area (Å²) in [5.74, 6) is 0. The monoisotopic (exact) mass is 294 g/mol. The lowest BCUT2D eigenvalue weighted by Gasteiger charge is -2.25. The van der Waals surface area contributed by atoms with Crippen LogP contribution in [0.3, 0.4) is 0 Å². The van der Waals surface area contributed by atoms with Crippen LogP contribution in [0.25, 0.3) is 0 Å². The maximum atomic E-state index is 13.3. The van der Waals surface area contributed by atoms with E-state index in [1.54, 1.807) is 48.5 Å². The molecule has 0 radical (unpaired) electrons. The summed E-state index contributed by atoms with van der Waals surface area (Å²) < 4.78 is 39.1. The number of alkyl halides is 2. The first-order valence-corrected chi connectivity index (χ1v) is 7.66. The predicted molar refractivity (Wildman–Crippen MR) is 78.5 cm³/mol. The summed E-state index contributed by atoms with van der Waals surface area (Å²) in [5.41, 5.74) is 1.28. The third-order valence-electron chi connectivity index (χ3n) is 3.18. The fourth-order valence-corrected chi connectivity index (χ4v) is 3.60. The number of hydrogen-bond donors (Lipinski definition) is 0. The van der Waals surface area contributed by atoms with Crippen LogP contribution in [0.1, 0.15) is 21.6 Å². The molecular formula is C16H16F2OS. The van der Waals surface area contributed by atoms with Crippen LogP contribution >= 0.6 is 0 Å². The average molecular weight is 294 g/mol. The van der Waals surface area contributed by atoms with Gasteiger partial charge in [-0.05, 0) is 11.2 Å². The Morgan fingerprint density at radius 2 is 1.10 bits per heavy atom. The van der Waals surface area contributed by atoms with Crippen LogP contribution in [-0.2, 0) is 11.2 Å². The number of rotatable bonds is 6. The van der Waals surface area contributed by atoms with Crippen molar-refractivity contribution in [1.82, 2.24) is 0 Å². The quantitative estimate of drug-likeness (QED) is 0.734. The Bertz CT molecular complexity index is 459. The van der Waals surface area contributed by atoms with E-state index in [9.17, 15) is 13.3 Å². The largest absolute Gasteiger partial charge is 0.615 e. The van der Waals surface area contributed by atoms with Crippen molar-refractivity contribution in [2.75, 3.05) is 13.3 Å². The van der Waals surface area contributed by atoms with Gasteiger partial charge >= 0.3 is 0 Å². The van der Waals surface area contributed by atoms with Gasteiger partial charge in [0.2, 0.25) is 0 Å². The minimum Gasteiger partial charge on any atom is -0.615 e. The second-order valence-corrected chi connectivity index (χ2v) is 6.23. The molecule has 2 rings (SSSR count). The molecule has 2 unspecified atom stereocenters. The minimum atomic E-state index is -1.65. The van der Waals surface area contributed by atoms with Crippen molar-refractivity contribution in [2.45, 2.75) is 10.5 Å². The molecule has 2 aromatic carbocycles. The Kier molecular flexibility index (Phi) is 5.56. The Morgan fingerprint density at radius 1 is 0.750 bits per heavy atom. The molecule has 0 heterocycles. The van der Waals surface area contributed by atoms with E-state index in [0.29, 0.717) is 11.1 Å². The molecule has 0 aliphatic carbocycles. The lowest BCUT2D eigenvalue weighted by atomic mass is 10.1. The smallest absolute Gasteiger partial charge is 0.169 e. The van der Waals surface area contributed by atoms with Gasteiger partial charge in [0.05, 0.1) is 0 Å². The van der Waals surface area contributed by atoms with Gasteiger partial charge in [-0.2, -0.15) is 0 Å². The summed E-state index contributed by atoms with van der Waals surface area (Å²) in [6.07, 6.45) is 0. The molecule has 0 saturated carbocycles. The van der Waals surface area contributed by atoms with Gasteiger partial charge in [-0.15, -0.1) is 0 Å². The fraction of sp³-hybridized carbons (Fsp3) is 0.250. The van der Waals surface area contributed by atoms with Crippen molar-refractivity contribution in [3.63, 3.8) is 0 Å². The molecule has 20 heavy (non-hydrogen) atoms. The standard InChI is InChI=1S/C16H16F2OS/c17-11-15(13-7-3-1-4-8-13)20(19)16(12-18)14-9-5-2-6-10-14/h1-10,15-16H,11-12H2. The van der Waals surface area contributed by atoms with E-state index in [4.69, 9.17) is 0 Å². The molecule has 0 aliphatic rings. The third-order valence-corrected chi connectivity index (χ3v) is 5.10. The summed E-state index contributed by atoms with van der Waals surface area (Å²) in [4.78, 5) is 0. The molecule has 4 heteroatoms. The van der Waals surface area contributed by atoms with Gasteiger partial charge in [0.25, 0.3) is 0 Å². The van der Waals surface area contributed by atoms with Crippen LogP contribution < -0.4 is 0 Å². The predicted octanol–water partition coefficient (Wildman–Crippen LogP) is 4.16. The first-order chi connectivity index (χ1) is 9.77. The van der Waals surface area contributed by atoms with Gasteiger partial charge in [0, 0.05) is 11.1 Å². The van der Waals surface area contributed by atoms with E-state index >= 15 is 0 Å². The zero-order valence-electron chi connectivity index (χ0n) is 10.9. The molecule has 0 N–H and O–H groups in total. The topological polar surface area (TPSA) is 23.1 Å². The van der Waals surface area contributed by atoms with Gasteiger partial charge in [-0.25, -0.2) is 8.78 Å². The molecule has 0 fully saturated rings. The molecule has 2 atom stereocenters. The van der Waals surface area contributed by atoms with E-state index in [-0.39, 0.29) is 0 Å². The molecule has 1 nitrogen and oxygen atoms in total. The van der Waals surface area contributed by atoms with Crippen molar-refractivity contribution < 1.29 is 13.3 Å². The van der Waals surface area contributed by atoms with Crippen LogP contribution in [-0.4, -0.2) is 17.9 Å². The molecule has 0 saturated heterocycles. The summed E-state index contributed by atoms with van der Waals surface area (Å²) in [6, 6.07) is 17.6. The van der Waals surface area contributed by atoms with E-state index < -0.39 is 35.0 Å². The zero-order chi connectivity index (χ0) is 14.4. The van der Waals surface area contributed by atoms with Crippen molar-refractivity contribution in [2.24, 2.45) is 0 Å². The van der Waals surface area contributed by atoms with Crippen LogP contribution in [0.5, 0.6) is 0 Å². The summed E-state index contributed by atoms with van der Waals surface area (Å²) in [5, 5.41) is -1.59. The maximum Gasteiger partial charge on any atom is 0.169 e. The second-order valence-electron chi connectivity index (χ2n) is 4.44. The summed E-state index contributed by atoms with van der Waals surface area (Å²) in [7, 11) is 0. The van der Waals surface area contributed by atoms with Crippen molar-refractivity contribution >= 4 is 11.2 Å². The van der Waals surface area contributed by atoms with Gasteiger partial charge in [-0.1, -0.05) is 60.7 Å². The molecule has 106 valence electrons. The number of halogens is 2. The number of benzene rings is 2. The highest BCUT2D eigenvalue weighted by Gasteiger charge is 2.33. The van der Waals surface area contributed by atoms with Crippen molar-refractivity contribution in [1.29, 1.82) is 0 Å². The Morgan fingerprint density at radius 3 is 1.40 bits per heavy atom. The second kappa shape index (κ2) is 7.41. The van der Waals surface area contributed by atoms with Crippen molar-refractivity contribution in [3.8, 4) is 0 Å². The van der Waals surface area contributed by atoms with Crippen molar-refractivity contribution in [3.05, 3.63) is 71.8 Å². The highest BCUT2D eigenvalue weighted by molar-refractivity contribution is 7.92. The SMILES string of the molecule is [O-][S+](C(CF)c1ccccc1)C(CF)c1ccccc1. The van der Waals surface area contributed by atoms with Gasteiger partial charge < -0.3 is 4.55 Å². The fourth-order valence-electron chi connectivity index (χ4n) is 2.10. The molecule has 0 aliphatic heterocycles. The van der Waals surface area contributed by atoms with Gasteiger partial charge in [-0.3, -0.25) is 0 Å². The minimum absolute atomic E-state index is 0.641. The maximum absolute atomic E-state index is 13.3. The summed E-state index contributed by atoms with van der Waals surface area (Å²) in [6.45, 7) is -1.53. The highest BCUT2D eigenvalue weighted by atomic mass is 32.2. The Balaban J connectivity index is 2.25. The van der Waals surface area contributed by atoms with Gasteiger partial charge in [0.1, 0.15) is 13.3 Å². The van der Waals surface area contributed by atoms with Gasteiger partial charge in [0.15, 0.2) is 10.5 Å². The third kappa shape index (κ3) is 3.38. The van der Waals surface area contributed by atoms with Crippen LogP contribution in [0.4, 0.5) is 8.78 Å².